The molecule has 8 unspecified atom stereocenters. The Morgan fingerprint density at radius 2 is 1.63 bits per heavy atom. The number of nitrogen functional groups attached to an aromatic ring is 1. The van der Waals surface area contributed by atoms with Crippen LogP contribution in [0.25, 0.3) is 11.2 Å². The lowest BCUT2D eigenvalue weighted by molar-refractivity contribution is -0.137. The van der Waals surface area contributed by atoms with Crippen molar-refractivity contribution in [3.8, 4) is 0 Å². The van der Waals surface area contributed by atoms with Gasteiger partial charge in [0.05, 0.1) is 25.6 Å². The summed E-state index contributed by atoms with van der Waals surface area (Å²) in [4.78, 5) is 98.4. The lowest BCUT2D eigenvalue weighted by atomic mass is 9.87. The molecule has 0 radical (unpaired) electrons. The standard InChI is InChI=1S/C31H52N7O20P3S/c1-31(2,26(45)29(46)34-11-10-20(40)33-12-13-62-22(43)9-5-7-18(39)6-3-4-8-21(41)42)15-55-61(52,53)58-60(50,51)54-14-19-25(57-59(47,48)49)24(44)30(56-19)38-17-37-23-27(32)35-16-36-28(23)38/h16-19,24-26,30,39,44-45H,3-15H2,1-2H3,(H,33,40)(H,34,46)(H,41,42)(H,50,51)(H,52,53)(H2,32,35,36)(H2,47,48,49). The average molecular weight is 968 g/mol. The highest BCUT2D eigenvalue weighted by Gasteiger charge is 2.50. The van der Waals surface area contributed by atoms with Crippen LogP contribution in [0.1, 0.15) is 71.4 Å². The van der Waals surface area contributed by atoms with Crippen molar-refractivity contribution in [1.29, 1.82) is 0 Å². The summed E-state index contributed by atoms with van der Waals surface area (Å²) in [6.07, 6.45) is -5.10. The van der Waals surface area contributed by atoms with Crippen LogP contribution in [0.5, 0.6) is 0 Å². The third-order valence-electron chi connectivity index (χ3n) is 8.86. The first kappa shape index (κ1) is 53.3. The number of hydrogen-bond acceptors (Lipinski definition) is 20. The van der Waals surface area contributed by atoms with Crippen molar-refractivity contribution in [2.45, 2.75) is 102 Å². The number of nitrogens with one attached hydrogen (secondary N) is 2. The molecule has 0 aromatic carbocycles. The van der Waals surface area contributed by atoms with E-state index >= 15 is 0 Å². The highest BCUT2D eigenvalue weighted by Crippen LogP contribution is 2.61. The highest BCUT2D eigenvalue weighted by atomic mass is 32.2. The van der Waals surface area contributed by atoms with E-state index in [0.29, 0.717) is 32.1 Å². The average Bonchev–Trinajstić information content (AvgIpc) is 3.73. The van der Waals surface area contributed by atoms with Crippen LogP contribution in [-0.2, 0) is 55.5 Å². The Balaban J connectivity index is 1.39. The first-order valence-electron chi connectivity index (χ1n) is 18.8. The predicted molar refractivity (Wildman–Crippen MR) is 213 cm³/mol. The first-order chi connectivity index (χ1) is 28.8. The summed E-state index contributed by atoms with van der Waals surface area (Å²) in [6, 6.07) is 0. The number of thioether (sulfide) groups is 1. The zero-order chi connectivity index (χ0) is 46.5. The number of aliphatic carboxylic acids is 1. The van der Waals surface area contributed by atoms with Crippen molar-refractivity contribution >= 4 is 75.1 Å². The third-order valence-corrected chi connectivity index (χ3v) is 12.9. The lowest BCUT2D eigenvalue weighted by Crippen LogP contribution is -2.46. The number of anilines is 1. The van der Waals surface area contributed by atoms with Crippen molar-refractivity contribution in [2.75, 3.05) is 37.8 Å². The maximum Gasteiger partial charge on any atom is 0.481 e. The number of phosphoric ester groups is 3. The number of fused-ring (bicyclic) bond motifs is 1. The van der Waals surface area contributed by atoms with Gasteiger partial charge < -0.3 is 61.1 Å². The number of aromatic nitrogens is 4. The van der Waals surface area contributed by atoms with Gasteiger partial charge in [0, 0.05) is 43.5 Å². The first-order valence-corrected chi connectivity index (χ1v) is 24.3. The van der Waals surface area contributed by atoms with Gasteiger partial charge in [-0.1, -0.05) is 32.0 Å². The molecule has 0 bridgehead atoms. The minimum absolute atomic E-state index is 0.0199. The zero-order valence-corrected chi connectivity index (χ0v) is 36.9. The van der Waals surface area contributed by atoms with E-state index in [0.717, 1.165) is 29.0 Å². The quantitative estimate of drug-likeness (QED) is 0.0390. The summed E-state index contributed by atoms with van der Waals surface area (Å²) in [5.74, 6) is -2.17. The van der Waals surface area contributed by atoms with Gasteiger partial charge in [0.1, 0.15) is 36.3 Å². The van der Waals surface area contributed by atoms with Crippen LogP contribution in [0.15, 0.2) is 12.7 Å². The van der Waals surface area contributed by atoms with Gasteiger partial charge in [-0.2, -0.15) is 4.31 Å². The zero-order valence-electron chi connectivity index (χ0n) is 33.4. The largest absolute Gasteiger partial charge is 0.481 e. The SMILES string of the molecule is CC(C)(COP(=O)(O)OP(=O)(O)OCC1OC(n2cnc3c(N)ncnc32)C(O)C1OP(=O)(O)O)C(O)C(=O)NCCC(=O)NCCSC(=O)CCCC(O)CCCCC(=O)O. The van der Waals surface area contributed by atoms with Gasteiger partial charge in [0.25, 0.3) is 0 Å². The molecule has 1 fully saturated rings. The molecular formula is C31H52N7O20P3S. The molecule has 2 aromatic heterocycles. The molecule has 62 heavy (non-hydrogen) atoms. The van der Waals surface area contributed by atoms with Gasteiger partial charge in [-0.05, 0) is 25.7 Å². The number of carboxylic acid groups (broad SMARTS) is 1. The molecule has 27 nitrogen and oxygen atoms in total. The predicted octanol–water partition coefficient (Wildman–Crippen LogP) is -0.159. The van der Waals surface area contributed by atoms with Crippen LogP contribution < -0.4 is 16.4 Å². The van der Waals surface area contributed by atoms with Crippen LogP contribution in [-0.4, -0.2) is 145 Å². The van der Waals surface area contributed by atoms with Gasteiger partial charge in [-0.25, -0.2) is 28.6 Å². The number of carboxylic acids is 1. The van der Waals surface area contributed by atoms with Gasteiger partial charge in [0.2, 0.25) is 11.8 Å². The maximum absolute atomic E-state index is 12.7. The molecule has 2 aromatic rings. The second-order valence-corrected chi connectivity index (χ2v) is 19.9. The van der Waals surface area contributed by atoms with Crippen molar-refractivity contribution in [1.82, 2.24) is 30.2 Å². The fourth-order valence-corrected chi connectivity index (χ4v) is 9.20. The molecule has 3 heterocycles. The fraction of sp³-hybridized carbons (Fsp3) is 0.710. The normalized spacial score (nSPS) is 21.2. The number of amides is 2. The Labute approximate surface area is 357 Å². The second-order valence-electron chi connectivity index (χ2n) is 14.5. The van der Waals surface area contributed by atoms with Crippen LogP contribution in [0.2, 0.25) is 0 Å². The Kier molecular flexibility index (Phi) is 20.5. The second kappa shape index (κ2) is 23.8. The number of unbranched alkanes of at least 4 members (excludes halogenated alkanes) is 1. The van der Waals surface area contributed by atoms with E-state index in [-0.39, 0.29) is 60.2 Å². The summed E-state index contributed by atoms with van der Waals surface area (Å²) in [5, 5.41) is 44.8. The number of carbonyl (C=O) groups is 4. The number of aliphatic hydroxyl groups excluding tert-OH is 3. The van der Waals surface area contributed by atoms with Gasteiger partial charge >= 0.3 is 29.4 Å². The minimum atomic E-state index is -5.59. The fourth-order valence-electron chi connectivity index (χ4n) is 5.65. The molecule has 352 valence electrons. The third kappa shape index (κ3) is 17.9. The molecule has 3 rings (SSSR count). The van der Waals surface area contributed by atoms with Crippen LogP contribution in [0.4, 0.5) is 5.82 Å². The topological polar surface area (TPSA) is 421 Å². The number of nitrogens with zero attached hydrogens (tertiary/aromatic N) is 4. The Hall–Kier alpha value is -3.01. The number of ether oxygens (including phenoxy) is 1. The molecule has 12 N–H and O–H groups in total. The Morgan fingerprint density at radius 3 is 2.31 bits per heavy atom. The summed E-state index contributed by atoms with van der Waals surface area (Å²) in [7, 11) is -16.5. The summed E-state index contributed by atoms with van der Waals surface area (Å²) < 4.78 is 62.2. The molecule has 2 amide bonds. The van der Waals surface area contributed by atoms with Crippen molar-refractivity contribution in [3.63, 3.8) is 0 Å². The molecular weight excluding hydrogens is 915 g/mol. The minimum Gasteiger partial charge on any atom is -0.481 e. The smallest absolute Gasteiger partial charge is 0.481 e. The van der Waals surface area contributed by atoms with E-state index in [4.69, 9.17) is 24.6 Å². The highest BCUT2D eigenvalue weighted by molar-refractivity contribution is 8.13. The Bertz CT molecular complexity index is 1990. The van der Waals surface area contributed by atoms with Crippen molar-refractivity contribution in [2.24, 2.45) is 5.41 Å². The number of nitrogens with two attached hydrogens (primary N) is 1. The summed E-state index contributed by atoms with van der Waals surface area (Å²) in [5.41, 5.74) is 4.21. The lowest BCUT2D eigenvalue weighted by Gasteiger charge is -2.30. The number of phosphoric acid groups is 3. The van der Waals surface area contributed by atoms with Crippen molar-refractivity contribution < 1.29 is 95.5 Å². The van der Waals surface area contributed by atoms with Gasteiger partial charge in [-0.3, -0.25) is 37.3 Å². The van der Waals surface area contributed by atoms with Crippen LogP contribution in [0.3, 0.4) is 0 Å². The van der Waals surface area contributed by atoms with Gasteiger partial charge in [-0.15, -0.1) is 0 Å². The number of carbonyl (C=O) groups excluding carboxylic acids is 3. The number of hydrogen-bond donors (Lipinski definition) is 11. The maximum atomic E-state index is 12.7. The molecule has 31 heteroatoms. The summed E-state index contributed by atoms with van der Waals surface area (Å²) in [6.45, 7) is 0.305. The molecule has 0 spiro atoms. The van der Waals surface area contributed by atoms with E-state index in [1.165, 1.54) is 13.8 Å². The molecule has 1 aliphatic heterocycles. The van der Waals surface area contributed by atoms with E-state index in [2.05, 4.69) is 34.4 Å². The number of imidazole rings is 1. The van der Waals surface area contributed by atoms with Crippen LogP contribution >= 0.6 is 35.2 Å². The molecule has 0 saturated carbocycles. The van der Waals surface area contributed by atoms with E-state index in [1.807, 2.05) is 0 Å². The molecule has 8 atom stereocenters. The van der Waals surface area contributed by atoms with Crippen molar-refractivity contribution in [3.05, 3.63) is 12.7 Å². The molecule has 0 aliphatic carbocycles. The molecule has 1 aliphatic rings. The summed E-state index contributed by atoms with van der Waals surface area (Å²) >= 11 is 1.000. The van der Waals surface area contributed by atoms with E-state index < -0.39 is 96.6 Å². The Morgan fingerprint density at radius 1 is 0.952 bits per heavy atom. The monoisotopic (exact) mass is 967 g/mol. The number of rotatable bonds is 28. The number of aliphatic hydroxyl groups is 3. The van der Waals surface area contributed by atoms with Crippen LogP contribution in [0, 0.1) is 5.41 Å². The van der Waals surface area contributed by atoms with Gasteiger partial charge in [0.15, 0.2) is 22.8 Å². The van der Waals surface area contributed by atoms with E-state index in [1.54, 1.807) is 0 Å². The molecule has 1 saturated heterocycles. The van der Waals surface area contributed by atoms with E-state index in [9.17, 15) is 67.8 Å².